The average molecular weight is 493 g/mol. The minimum absolute atomic E-state index is 0.0103. The summed E-state index contributed by atoms with van der Waals surface area (Å²) in [5.74, 6) is -0.171. The van der Waals surface area contributed by atoms with Gasteiger partial charge in [0.2, 0.25) is 0 Å². The van der Waals surface area contributed by atoms with Crippen molar-refractivity contribution in [1.29, 1.82) is 0 Å². The van der Waals surface area contributed by atoms with Gasteiger partial charge in [0.05, 0.1) is 34.4 Å². The number of benzene rings is 2. The van der Waals surface area contributed by atoms with E-state index in [1.165, 1.54) is 23.5 Å². The maximum atomic E-state index is 13.9. The van der Waals surface area contributed by atoms with Gasteiger partial charge in [0.1, 0.15) is 17.7 Å². The second-order valence-electron chi connectivity index (χ2n) is 9.26. The van der Waals surface area contributed by atoms with E-state index in [4.69, 9.17) is 9.47 Å². The normalized spacial score (nSPS) is 23.9. The number of hydrogen-bond donors (Lipinski definition) is 0. The Bertz CT molecular complexity index is 1370. The van der Waals surface area contributed by atoms with Gasteiger partial charge in [-0.3, -0.25) is 14.5 Å². The first-order chi connectivity index (χ1) is 17.0. The summed E-state index contributed by atoms with van der Waals surface area (Å²) >= 11 is 1.23. The van der Waals surface area contributed by atoms with Crippen LogP contribution in [0.3, 0.4) is 0 Å². The lowest BCUT2D eigenvalue weighted by Gasteiger charge is -2.35. The van der Waals surface area contributed by atoms with Crippen LogP contribution >= 0.6 is 11.3 Å². The van der Waals surface area contributed by atoms with Crippen LogP contribution in [0, 0.1) is 11.7 Å². The van der Waals surface area contributed by atoms with Gasteiger partial charge in [-0.1, -0.05) is 36.8 Å². The summed E-state index contributed by atoms with van der Waals surface area (Å²) in [7, 11) is 0. The summed E-state index contributed by atoms with van der Waals surface area (Å²) < 4.78 is 26.6. The van der Waals surface area contributed by atoms with Gasteiger partial charge in [-0.2, -0.15) is 0 Å². The molecule has 2 aliphatic heterocycles. The number of carbonyl (C=O) groups is 2. The van der Waals surface area contributed by atoms with Crippen molar-refractivity contribution >= 4 is 38.4 Å². The SMILES string of the molecule is CCCOc1cccc(C2C3=C(OC4CCCCC4C3=O)C(=O)N2c2nc3ccc(F)cc3s2)c1. The summed E-state index contributed by atoms with van der Waals surface area (Å²) in [6, 6.07) is 11.2. The fraction of sp³-hybridized carbons (Fsp3) is 0.370. The Morgan fingerprint density at radius 1 is 1.17 bits per heavy atom. The Morgan fingerprint density at radius 3 is 2.89 bits per heavy atom. The lowest BCUT2D eigenvalue weighted by atomic mass is 9.77. The minimum Gasteiger partial charge on any atom is -0.494 e. The fourth-order valence-electron chi connectivity index (χ4n) is 5.34. The summed E-state index contributed by atoms with van der Waals surface area (Å²) in [6.45, 7) is 2.60. The van der Waals surface area contributed by atoms with Crippen LogP contribution in [0.15, 0.2) is 53.8 Å². The summed E-state index contributed by atoms with van der Waals surface area (Å²) in [6.07, 6.45) is 4.10. The van der Waals surface area contributed by atoms with Gasteiger partial charge in [0, 0.05) is 0 Å². The highest BCUT2D eigenvalue weighted by atomic mass is 32.1. The summed E-state index contributed by atoms with van der Waals surface area (Å²) in [4.78, 5) is 33.8. The Balaban J connectivity index is 1.49. The molecule has 0 saturated heterocycles. The smallest absolute Gasteiger partial charge is 0.296 e. The predicted molar refractivity (Wildman–Crippen MR) is 131 cm³/mol. The quantitative estimate of drug-likeness (QED) is 0.455. The van der Waals surface area contributed by atoms with Crippen LogP contribution in [-0.4, -0.2) is 29.4 Å². The Kier molecular flexibility index (Phi) is 5.56. The van der Waals surface area contributed by atoms with Gasteiger partial charge in [-0.25, -0.2) is 9.37 Å². The van der Waals surface area contributed by atoms with E-state index in [-0.39, 0.29) is 35.3 Å². The van der Waals surface area contributed by atoms with E-state index >= 15 is 0 Å². The number of fused-ring (bicyclic) bond motifs is 2. The van der Waals surface area contributed by atoms with Gasteiger partial charge >= 0.3 is 0 Å². The van der Waals surface area contributed by atoms with E-state index in [0.717, 1.165) is 37.7 Å². The molecule has 3 atom stereocenters. The van der Waals surface area contributed by atoms with E-state index in [1.54, 1.807) is 11.0 Å². The standard InChI is InChI=1S/C27H25FN2O4S/c1-2-12-33-17-7-5-6-15(13-17)23-22-24(31)18-8-3-4-9-20(18)34-25(22)26(32)30(23)27-29-19-11-10-16(28)14-21(19)35-27/h5-7,10-11,13-14,18,20,23H,2-4,8-9,12H2,1H3. The molecule has 6 nitrogen and oxygen atoms in total. The third-order valence-corrected chi connectivity index (χ3v) is 7.97. The Morgan fingerprint density at radius 2 is 2.03 bits per heavy atom. The highest BCUT2D eigenvalue weighted by Gasteiger charge is 2.53. The number of ether oxygens (including phenoxy) is 2. The van der Waals surface area contributed by atoms with Crippen LogP contribution in [0.4, 0.5) is 9.52 Å². The van der Waals surface area contributed by atoms with Crippen molar-refractivity contribution in [3.8, 4) is 5.75 Å². The first-order valence-corrected chi connectivity index (χ1v) is 12.9. The Hall–Kier alpha value is -3.26. The van der Waals surface area contributed by atoms with E-state index in [1.807, 2.05) is 31.2 Å². The number of ketones is 1. The van der Waals surface area contributed by atoms with Crippen LogP contribution in [0.25, 0.3) is 10.2 Å². The number of anilines is 1. The molecule has 6 rings (SSSR count). The largest absolute Gasteiger partial charge is 0.494 e. The molecule has 35 heavy (non-hydrogen) atoms. The zero-order valence-corrected chi connectivity index (χ0v) is 20.1. The molecule has 1 amide bonds. The number of amides is 1. The molecule has 3 unspecified atom stereocenters. The molecule has 1 fully saturated rings. The van der Waals surface area contributed by atoms with Gasteiger partial charge in [0.25, 0.3) is 5.91 Å². The summed E-state index contributed by atoms with van der Waals surface area (Å²) in [5, 5.41) is 0.411. The van der Waals surface area contributed by atoms with Gasteiger partial charge in [-0.15, -0.1) is 0 Å². The lowest BCUT2D eigenvalue weighted by molar-refractivity contribution is -0.131. The van der Waals surface area contributed by atoms with Crippen LogP contribution in [-0.2, 0) is 14.3 Å². The molecular weight excluding hydrogens is 467 g/mol. The molecule has 2 aromatic carbocycles. The predicted octanol–water partition coefficient (Wildman–Crippen LogP) is 5.72. The van der Waals surface area contributed by atoms with Gasteiger partial charge in [-0.05, 0) is 61.6 Å². The first kappa shape index (κ1) is 22.2. The molecule has 1 saturated carbocycles. The maximum absolute atomic E-state index is 13.9. The highest BCUT2D eigenvalue weighted by molar-refractivity contribution is 7.22. The van der Waals surface area contributed by atoms with E-state index < -0.39 is 6.04 Å². The number of aromatic nitrogens is 1. The lowest BCUT2D eigenvalue weighted by Crippen LogP contribution is -2.39. The molecule has 1 aliphatic carbocycles. The van der Waals surface area contributed by atoms with Crippen molar-refractivity contribution < 1.29 is 23.5 Å². The van der Waals surface area contributed by atoms with Crippen molar-refractivity contribution in [3.05, 3.63) is 65.2 Å². The molecule has 3 heterocycles. The molecule has 180 valence electrons. The van der Waals surface area contributed by atoms with Crippen molar-refractivity contribution in [2.75, 3.05) is 11.5 Å². The van der Waals surface area contributed by atoms with Crippen molar-refractivity contribution in [2.45, 2.75) is 51.2 Å². The number of hydrogen-bond acceptors (Lipinski definition) is 6. The molecular formula is C27H25FN2O4S. The number of thiazole rings is 1. The molecule has 3 aliphatic rings. The van der Waals surface area contributed by atoms with E-state index in [2.05, 4.69) is 4.98 Å². The van der Waals surface area contributed by atoms with Crippen molar-refractivity contribution in [2.24, 2.45) is 5.92 Å². The van der Waals surface area contributed by atoms with Crippen LogP contribution < -0.4 is 9.64 Å². The zero-order valence-electron chi connectivity index (χ0n) is 19.3. The van der Waals surface area contributed by atoms with Crippen molar-refractivity contribution in [3.63, 3.8) is 0 Å². The number of rotatable bonds is 5. The summed E-state index contributed by atoms with van der Waals surface area (Å²) in [5.41, 5.74) is 1.76. The monoisotopic (exact) mass is 492 g/mol. The molecule has 0 spiro atoms. The molecule has 0 N–H and O–H groups in total. The molecule has 0 radical (unpaired) electrons. The van der Waals surface area contributed by atoms with E-state index in [0.29, 0.717) is 33.3 Å². The number of nitrogens with zero attached hydrogens (tertiary/aromatic N) is 2. The van der Waals surface area contributed by atoms with Crippen LogP contribution in [0.1, 0.15) is 50.6 Å². The second-order valence-corrected chi connectivity index (χ2v) is 10.3. The second kappa shape index (κ2) is 8.75. The highest BCUT2D eigenvalue weighted by Crippen LogP contribution is 2.49. The van der Waals surface area contributed by atoms with Gasteiger partial charge in [0.15, 0.2) is 16.7 Å². The number of halogens is 1. The average Bonchev–Trinajstić information content (AvgIpc) is 3.41. The van der Waals surface area contributed by atoms with Crippen molar-refractivity contribution in [1.82, 2.24) is 4.98 Å². The van der Waals surface area contributed by atoms with Gasteiger partial charge < -0.3 is 9.47 Å². The van der Waals surface area contributed by atoms with Crippen LogP contribution in [0.5, 0.6) is 5.75 Å². The maximum Gasteiger partial charge on any atom is 0.296 e. The topological polar surface area (TPSA) is 68.7 Å². The third kappa shape index (κ3) is 3.71. The minimum atomic E-state index is -0.677. The van der Waals surface area contributed by atoms with E-state index in [9.17, 15) is 14.0 Å². The van der Waals surface area contributed by atoms with Crippen LogP contribution in [0.2, 0.25) is 0 Å². The molecule has 1 aromatic heterocycles. The number of carbonyl (C=O) groups excluding carboxylic acids is 2. The molecule has 0 bridgehead atoms. The Labute approximate surface area is 206 Å². The third-order valence-electron chi connectivity index (χ3n) is 6.96. The number of Topliss-reactive ketones (excluding diaryl/α,β-unsaturated/α-hetero) is 1. The first-order valence-electron chi connectivity index (χ1n) is 12.1. The zero-order chi connectivity index (χ0) is 24.1. The fourth-order valence-corrected chi connectivity index (χ4v) is 6.36. The molecule has 8 heteroatoms. The molecule has 3 aromatic rings.